The number of carbonyl (C=O) groups is 2. The monoisotopic (exact) mass is 454 g/mol. The van der Waals surface area contributed by atoms with Crippen LogP contribution in [0, 0.1) is 11.8 Å². The van der Waals surface area contributed by atoms with E-state index >= 15 is 0 Å². The van der Waals surface area contributed by atoms with Crippen LogP contribution in [0.5, 0.6) is 0 Å². The van der Waals surface area contributed by atoms with Crippen molar-refractivity contribution in [1.82, 2.24) is 19.7 Å². The number of carboxylic acid groups (broad SMARTS) is 1. The normalized spacial score (nSPS) is 18.2. The first-order chi connectivity index (χ1) is 15.2. The van der Waals surface area contributed by atoms with Gasteiger partial charge in [-0.05, 0) is 37.0 Å². The van der Waals surface area contributed by atoms with Crippen molar-refractivity contribution in [3.63, 3.8) is 0 Å². The van der Waals surface area contributed by atoms with Gasteiger partial charge in [0.05, 0.1) is 25.3 Å². The molecule has 174 valence electrons. The van der Waals surface area contributed by atoms with E-state index in [1.807, 2.05) is 40.0 Å². The molecular formula is C21H25F3N4O4. The summed E-state index contributed by atoms with van der Waals surface area (Å²) >= 11 is 0. The molecule has 1 saturated carbocycles. The summed E-state index contributed by atoms with van der Waals surface area (Å²) in [6.07, 6.45) is 1.38. The number of pyridine rings is 1. The maximum absolute atomic E-state index is 12.8. The fourth-order valence-corrected chi connectivity index (χ4v) is 3.28. The molecule has 0 radical (unpaired) electrons. The van der Waals surface area contributed by atoms with Crippen LogP contribution in [0.15, 0.2) is 36.7 Å². The predicted molar refractivity (Wildman–Crippen MR) is 106 cm³/mol. The Morgan fingerprint density at radius 3 is 2.44 bits per heavy atom. The maximum atomic E-state index is 12.8. The largest absolute Gasteiger partial charge is 0.490 e. The van der Waals surface area contributed by atoms with E-state index < -0.39 is 12.1 Å². The number of rotatable bonds is 6. The third-order valence-corrected chi connectivity index (χ3v) is 5.12. The molecule has 0 spiro atoms. The fourth-order valence-electron chi connectivity index (χ4n) is 3.28. The van der Waals surface area contributed by atoms with Crippen molar-refractivity contribution in [2.75, 3.05) is 19.8 Å². The summed E-state index contributed by atoms with van der Waals surface area (Å²) in [6.45, 7) is 3.65. The molecule has 1 atom stereocenters. The molecule has 1 N–H and O–H groups in total. The minimum absolute atomic E-state index is 0.112. The van der Waals surface area contributed by atoms with Crippen LogP contribution in [0.4, 0.5) is 13.2 Å². The lowest BCUT2D eigenvalue weighted by Gasteiger charge is -2.24. The molecule has 11 heteroatoms. The zero-order chi connectivity index (χ0) is 23.1. The first kappa shape index (κ1) is 23.7. The zero-order valence-corrected chi connectivity index (χ0v) is 17.4. The highest BCUT2D eigenvalue weighted by Gasteiger charge is 2.38. The van der Waals surface area contributed by atoms with Crippen LogP contribution < -0.4 is 0 Å². The molecule has 1 unspecified atom stereocenters. The molecule has 3 heterocycles. The molecule has 8 nitrogen and oxygen atoms in total. The molecule has 4 rings (SSSR count). The van der Waals surface area contributed by atoms with Crippen molar-refractivity contribution in [3.8, 4) is 0 Å². The first-order valence-corrected chi connectivity index (χ1v) is 10.3. The Morgan fingerprint density at radius 1 is 1.09 bits per heavy atom. The van der Waals surface area contributed by atoms with Gasteiger partial charge in [-0.3, -0.25) is 14.5 Å². The van der Waals surface area contributed by atoms with Gasteiger partial charge in [0.1, 0.15) is 0 Å². The predicted octanol–water partition coefficient (Wildman–Crippen LogP) is 2.54. The molecule has 0 aromatic carbocycles. The molecule has 2 aromatic heterocycles. The Kier molecular flexibility index (Phi) is 7.84. The summed E-state index contributed by atoms with van der Waals surface area (Å²) in [6, 6.07) is 7.68. The summed E-state index contributed by atoms with van der Waals surface area (Å²) < 4.78 is 39.6. The van der Waals surface area contributed by atoms with E-state index in [0.29, 0.717) is 26.1 Å². The van der Waals surface area contributed by atoms with Gasteiger partial charge in [0, 0.05) is 43.7 Å². The second-order valence-corrected chi connectivity index (χ2v) is 7.93. The van der Waals surface area contributed by atoms with Crippen molar-refractivity contribution in [1.29, 1.82) is 0 Å². The van der Waals surface area contributed by atoms with Gasteiger partial charge in [-0.2, -0.15) is 18.3 Å². The number of hydrogen-bond donors (Lipinski definition) is 1. The number of fused-ring (bicyclic) bond motifs is 1. The van der Waals surface area contributed by atoms with Crippen LogP contribution in [0.25, 0.3) is 0 Å². The standard InChI is InChI=1S/C19H24N4O2.C2HF3O2/c24-19(9-17-3-1-2-7-20-17)22-10-16(14-25-13-15-4-5-15)11-23-18(12-22)6-8-21-23;3-2(4,5)1(6)7/h1-3,6-8,15-16H,4-5,9-14H2;(H,6,7). The minimum atomic E-state index is -5.08. The number of amides is 1. The lowest BCUT2D eigenvalue weighted by atomic mass is 10.1. The molecule has 2 aromatic rings. The number of nitrogens with zero attached hydrogens (tertiary/aromatic N) is 4. The number of hydrogen-bond acceptors (Lipinski definition) is 5. The molecule has 1 aliphatic carbocycles. The van der Waals surface area contributed by atoms with E-state index in [1.165, 1.54) is 12.8 Å². The van der Waals surface area contributed by atoms with Crippen LogP contribution in [-0.2, 0) is 33.8 Å². The highest BCUT2D eigenvalue weighted by atomic mass is 19.4. The van der Waals surface area contributed by atoms with Gasteiger partial charge in [0.25, 0.3) is 0 Å². The van der Waals surface area contributed by atoms with E-state index in [1.54, 1.807) is 6.20 Å². The summed E-state index contributed by atoms with van der Waals surface area (Å²) in [7, 11) is 0. The third kappa shape index (κ3) is 7.33. The Balaban J connectivity index is 0.000000360. The Labute approximate surface area is 183 Å². The molecule has 1 amide bonds. The number of aliphatic carboxylic acids is 1. The average Bonchev–Trinajstić information content (AvgIpc) is 3.50. The van der Waals surface area contributed by atoms with Crippen molar-refractivity contribution < 1.29 is 32.6 Å². The van der Waals surface area contributed by atoms with E-state index in [2.05, 4.69) is 10.1 Å². The van der Waals surface area contributed by atoms with Gasteiger partial charge in [0.2, 0.25) is 5.91 Å². The quantitative estimate of drug-likeness (QED) is 0.721. The number of aromatic nitrogens is 3. The SMILES string of the molecule is O=C(Cc1ccccn1)N1Cc2ccnn2CC(COCC2CC2)C1.O=C(O)C(F)(F)F. The van der Waals surface area contributed by atoms with Gasteiger partial charge >= 0.3 is 12.1 Å². The summed E-state index contributed by atoms with van der Waals surface area (Å²) in [5, 5.41) is 11.5. The second-order valence-electron chi connectivity index (χ2n) is 7.93. The third-order valence-electron chi connectivity index (χ3n) is 5.12. The number of alkyl halides is 3. The number of carbonyl (C=O) groups excluding carboxylic acids is 1. The first-order valence-electron chi connectivity index (χ1n) is 10.3. The lowest BCUT2D eigenvalue weighted by molar-refractivity contribution is -0.192. The van der Waals surface area contributed by atoms with Crippen LogP contribution in [-0.4, -0.2) is 62.6 Å². The Bertz CT molecular complexity index is 900. The fraction of sp³-hybridized carbons (Fsp3) is 0.524. The molecule has 0 saturated heterocycles. The van der Waals surface area contributed by atoms with Crippen molar-refractivity contribution in [2.45, 2.75) is 38.5 Å². The Morgan fingerprint density at radius 2 is 1.81 bits per heavy atom. The summed E-state index contributed by atoms with van der Waals surface area (Å²) in [4.78, 5) is 27.9. The van der Waals surface area contributed by atoms with Crippen LogP contribution in [0.3, 0.4) is 0 Å². The summed E-state index contributed by atoms with van der Waals surface area (Å²) in [5.41, 5.74) is 1.89. The van der Waals surface area contributed by atoms with Crippen molar-refractivity contribution in [2.24, 2.45) is 11.8 Å². The van der Waals surface area contributed by atoms with E-state index in [4.69, 9.17) is 14.6 Å². The van der Waals surface area contributed by atoms with Gasteiger partial charge in [-0.25, -0.2) is 4.79 Å². The van der Waals surface area contributed by atoms with Gasteiger partial charge < -0.3 is 14.7 Å². The highest BCUT2D eigenvalue weighted by Crippen LogP contribution is 2.29. The van der Waals surface area contributed by atoms with Crippen LogP contribution in [0.1, 0.15) is 24.2 Å². The average molecular weight is 454 g/mol. The number of halogens is 3. The number of carboxylic acids is 1. The zero-order valence-electron chi connectivity index (χ0n) is 17.4. The summed E-state index contributed by atoms with van der Waals surface area (Å²) in [5.74, 6) is -1.62. The highest BCUT2D eigenvalue weighted by molar-refractivity contribution is 5.78. The Hall–Kier alpha value is -2.95. The van der Waals surface area contributed by atoms with Crippen molar-refractivity contribution >= 4 is 11.9 Å². The molecule has 1 aliphatic heterocycles. The molecule has 2 aliphatic rings. The van der Waals surface area contributed by atoms with Crippen LogP contribution in [0.2, 0.25) is 0 Å². The van der Waals surface area contributed by atoms with E-state index in [9.17, 15) is 18.0 Å². The lowest BCUT2D eigenvalue weighted by Crippen LogP contribution is -2.36. The smallest absolute Gasteiger partial charge is 0.475 e. The van der Waals surface area contributed by atoms with Gasteiger partial charge in [-0.1, -0.05) is 6.07 Å². The van der Waals surface area contributed by atoms with Crippen molar-refractivity contribution in [3.05, 3.63) is 48.0 Å². The van der Waals surface area contributed by atoms with E-state index in [-0.39, 0.29) is 11.8 Å². The molecule has 1 fully saturated rings. The molecule has 32 heavy (non-hydrogen) atoms. The van der Waals surface area contributed by atoms with Gasteiger partial charge in [0.15, 0.2) is 0 Å². The molecule has 0 bridgehead atoms. The second kappa shape index (κ2) is 10.6. The number of ether oxygens (including phenoxy) is 1. The van der Waals surface area contributed by atoms with Gasteiger partial charge in [-0.15, -0.1) is 0 Å². The van der Waals surface area contributed by atoms with E-state index in [0.717, 1.165) is 30.5 Å². The minimum Gasteiger partial charge on any atom is -0.475 e. The topological polar surface area (TPSA) is 97.5 Å². The van der Waals surface area contributed by atoms with Crippen LogP contribution >= 0.6 is 0 Å². The maximum Gasteiger partial charge on any atom is 0.490 e. The molecular weight excluding hydrogens is 429 g/mol.